The SMILES string of the molecule is COc1ccc(C(=O)COC(=O)c2ccc(OC)c(I)c2)c(OC)c1. The molecule has 2 rings (SSSR count). The van der Waals surface area contributed by atoms with Gasteiger partial charge in [-0.15, -0.1) is 0 Å². The number of hydrogen-bond acceptors (Lipinski definition) is 6. The summed E-state index contributed by atoms with van der Waals surface area (Å²) in [5.74, 6) is 0.645. The first-order valence-corrected chi connectivity index (χ1v) is 8.34. The minimum atomic E-state index is -0.582. The summed E-state index contributed by atoms with van der Waals surface area (Å²) in [6.45, 7) is -0.385. The summed E-state index contributed by atoms with van der Waals surface area (Å²) in [5.41, 5.74) is 0.667. The van der Waals surface area contributed by atoms with Crippen molar-refractivity contribution in [3.63, 3.8) is 0 Å². The van der Waals surface area contributed by atoms with Crippen LogP contribution in [-0.4, -0.2) is 39.7 Å². The van der Waals surface area contributed by atoms with Crippen molar-refractivity contribution in [3.8, 4) is 17.2 Å². The summed E-state index contributed by atoms with van der Waals surface area (Å²) in [4.78, 5) is 24.4. The Bertz CT molecular complexity index is 787. The second-order valence-corrected chi connectivity index (χ2v) is 6.08. The quantitative estimate of drug-likeness (QED) is 0.362. The molecule has 0 unspecified atom stereocenters. The van der Waals surface area contributed by atoms with Crippen molar-refractivity contribution in [3.05, 3.63) is 51.1 Å². The van der Waals surface area contributed by atoms with Crippen molar-refractivity contribution in [2.75, 3.05) is 27.9 Å². The smallest absolute Gasteiger partial charge is 0.338 e. The van der Waals surface area contributed by atoms with Gasteiger partial charge in [0, 0.05) is 6.07 Å². The number of hydrogen-bond donors (Lipinski definition) is 0. The first-order chi connectivity index (χ1) is 12.0. The molecular formula is C18H17IO6. The maximum absolute atomic E-state index is 12.3. The minimum absolute atomic E-state index is 0.320. The van der Waals surface area contributed by atoms with E-state index in [4.69, 9.17) is 18.9 Å². The first-order valence-electron chi connectivity index (χ1n) is 7.26. The maximum Gasteiger partial charge on any atom is 0.338 e. The van der Waals surface area contributed by atoms with Crippen LogP contribution in [0.1, 0.15) is 20.7 Å². The molecule has 0 amide bonds. The number of Topliss-reactive ketones (excluding diaryl/α,β-unsaturated/α-hetero) is 1. The lowest BCUT2D eigenvalue weighted by Crippen LogP contribution is -2.15. The van der Waals surface area contributed by atoms with E-state index < -0.39 is 5.97 Å². The van der Waals surface area contributed by atoms with Gasteiger partial charge in [0.1, 0.15) is 17.2 Å². The third-order valence-electron chi connectivity index (χ3n) is 3.43. The predicted octanol–water partition coefficient (Wildman–Crippen LogP) is 3.36. The van der Waals surface area contributed by atoms with Crippen LogP contribution < -0.4 is 14.2 Å². The van der Waals surface area contributed by atoms with Gasteiger partial charge >= 0.3 is 5.97 Å². The van der Waals surface area contributed by atoms with Gasteiger partial charge in [-0.3, -0.25) is 4.79 Å². The van der Waals surface area contributed by atoms with E-state index in [0.717, 1.165) is 3.57 Å². The van der Waals surface area contributed by atoms with Crippen molar-refractivity contribution >= 4 is 34.3 Å². The number of carbonyl (C=O) groups excluding carboxylic acids is 2. The van der Waals surface area contributed by atoms with Crippen LogP contribution in [-0.2, 0) is 4.74 Å². The van der Waals surface area contributed by atoms with E-state index in [-0.39, 0.29) is 12.4 Å². The molecular weight excluding hydrogens is 439 g/mol. The van der Waals surface area contributed by atoms with Crippen molar-refractivity contribution in [1.29, 1.82) is 0 Å². The highest BCUT2D eigenvalue weighted by molar-refractivity contribution is 14.1. The van der Waals surface area contributed by atoms with E-state index in [1.807, 2.05) is 0 Å². The molecule has 0 aliphatic carbocycles. The lowest BCUT2D eigenvalue weighted by molar-refractivity contribution is 0.0474. The second-order valence-electron chi connectivity index (χ2n) is 4.91. The van der Waals surface area contributed by atoms with Gasteiger partial charge in [-0.25, -0.2) is 4.79 Å². The number of benzene rings is 2. The standard InChI is InChI=1S/C18H17IO6/c1-22-12-5-6-13(17(9-12)24-3)15(20)10-25-18(21)11-4-7-16(23-2)14(19)8-11/h4-9H,10H2,1-3H3. The highest BCUT2D eigenvalue weighted by Crippen LogP contribution is 2.25. The van der Waals surface area contributed by atoms with Crippen molar-refractivity contribution in [2.45, 2.75) is 0 Å². The zero-order valence-corrected chi connectivity index (χ0v) is 16.2. The zero-order valence-electron chi connectivity index (χ0n) is 14.0. The molecule has 2 aromatic carbocycles. The molecule has 0 aliphatic rings. The molecule has 0 heterocycles. The molecule has 25 heavy (non-hydrogen) atoms. The van der Waals surface area contributed by atoms with E-state index >= 15 is 0 Å². The average Bonchev–Trinajstić information content (AvgIpc) is 2.65. The maximum atomic E-state index is 12.3. The Morgan fingerprint density at radius 1 is 0.920 bits per heavy atom. The molecule has 132 valence electrons. The molecule has 0 saturated carbocycles. The molecule has 6 nitrogen and oxygen atoms in total. The fourth-order valence-corrected chi connectivity index (χ4v) is 2.85. The normalized spacial score (nSPS) is 10.1. The largest absolute Gasteiger partial charge is 0.497 e. The van der Waals surface area contributed by atoms with Crippen LogP contribution in [0.4, 0.5) is 0 Å². The lowest BCUT2D eigenvalue weighted by atomic mass is 10.1. The highest BCUT2D eigenvalue weighted by atomic mass is 127. The number of halogens is 1. The Morgan fingerprint density at radius 3 is 2.24 bits per heavy atom. The molecule has 0 saturated heterocycles. The molecule has 0 atom stereocenters. The Kier molecular flexibility index (Phi) is 6.63. The van der Waals surface area contributed by atoms with Crippen LogP contribution in [0.5, 0.6) is 17.2 Å². The molecule has 2 aromatic rings. The Balaban J connectivity index is 2.07. The molecule has 0 bridgehead atoms. The number of ketones is 1. The zero-order chi connectivity index (χ0) is 18.4. The molecule has 0 radical (unpaired) electrons. The molecule has 7 heteroatoms. The summed E-state index contributed by atoms with van der Waals surface area (Å²) < 4.78 is 21.3. The van der Waals surface area contributed by atoms with Crippen LogP contribution >= 0.6 is 22.6 Å². The van der Waals surface area contributed by atoms with Gasteiger partial charge in [0.05, 0.1) is 36.0 Å². The average molecular weight is 456 g/mol. The molecule has 0 fully saturated rings. The number of esters is 1. The van der Waals surface area contributed by atoms with Gasteiger partial charge in [-0.1, -0.05) is 0 Å². The summed E-state index contributed by atoms with van der Waals surface area (Å²) >= 11 is 2.06. The molecule has 0 aliphatic heterocycles. The van der Waals surface area contributed by atoms with Crippen molar-refractivity contribution < 1.29 is 28.5 Å². The van der Waals surface area contributed by atoms with E-state index in [0.29, 0.717) is 28.4 Å². The first kappa shape index (κ1) is 19.0. The van der Waals surface area contributed by atoms with Crippen molar-refractivity contribution in [2.24, 2.45) is 0 Å². The summed E-state index contributed by atoms with van der Waals surface area (Å²) in [6, 6.07) is 9.71. The monoisotopic (exact) mass is 456 g/mol. The van der Waals surface area contributed by atoms with Gasteiger partial charge in [0.2, 0.25) is 5.78 Å². The van der Waals surface area contributed by atoms with Crippen LogP contribution in [0.15, 0.2) is 36.4 Å². The summed E-state index contributed by atoms with van der Waals surface area (Å²) in [7, 11) is 4.53. The minimum Gasteiger partial charge on any atom is -0.497 e. The third kappa shape index (κ3) is 4.62. The van der Waals surface area contributed by atoms with E-state index in [9.17, 15) is 9.59 Å². The summed E-state index contributed by atoms with van der Waals surface area (Å²) in [5, 5.41) is 0. The number of ether oxygens (including phenoxy) is 4. The number of methoxy groups -OCH3 is 3. The Morgan fingerprint density at radius 2 is 1.64 bits per heavy atom. The highest BCUT2D eigenvalue weighted by Gasteiger charge is 2.17. The van der Waals surface area contributed by atoms with Gasteiger partial charge < -0.3 is 18.9 Å². The fourth-order valence-electron chi connectivity index (χ4n) is 2.11. The Hall–Kier alpha value is -2.29. The van der Waals surface area contributed by atoms with Crippen LogP contribution in [0.3, 0.4) is 0 Å². The molecule has 0 spiro atoms. The van der Waals surface area contributed by atoms with E-state index in [1.165, 1.54) is 14.2 Å². The van der Waals surface area contributed by atoms with Gasteiger partial charge in [-0.05, 0) is 52.9 Å². The third-order valence-corrected chi connectivity index (χ3v) is 4.27. The van der Waals surface area contributed by atoms with Crippen LogP contribution in [0, 0.1) is 3.57 Å². The Labute approximate surface area is 159 Å². The van der Waals surface area contributed by atoms with Gasteiger partial charge in [0.15, 0.2) is 6.61 Å². The van der Waals surface area contributed by atoms with Crippen molar-refractivity contribution in [1.82, 2.24) is 0 Å². The molecule has 0 aromatic heterocycles. The predicted molar refractivity (Wildman–Crippen MR) is 99.9 cm³/mol. The topological polar surface area (TPSA) is 71.1 Å². The second kappa shape index (κ2) is 8.70. The summed E-state index contributed by atoms with van der Waals surface area (Å²) in [6.07, 6.45) is 0. The number of rotatable bonds is 7. The van der Waals surface area contributed by atoms with E-state index in [2.05, 4.69) is 22.6 Å². The number of carbonyl (C=O) groups is 2. The fraction of sp³-hybridized carbons (Fsp3) is 0.222. The van der Waals surface area contributed by atoms with Crippen LogP contribution in [0.2, 0.25) is 0 Å². The van der Waals surface area contributed by atoms with Gasteiger partial charge in [-0.2, -0.15) is 0 Å². The molecule has 0 N–H and O–H groups in total. The van der Waals surface area contributed by atoms with Crippen LogP contribution in [0.25, 0.3) is 0 Å². The van der Waals surface area contributed by atoms with Gasteiger partial charge in [0.25, 0.3) is 0 Å². The lowest BCUT2D eigenvalue weighted by Gasteiger charge is -2.10. The van der Waals surface area contributed by atoms with E-state index in [1.54, 1.807) is 43.5 Å².